The predicted octanol–water partition coefficient (Wildman–Crippen LogP) is 1.39. The van der Waals surface area contributed by atoms with Crippen molar-refractivity contribution in [3.8, 4) is 0 Å². The van der Waals surface area contributed by atoms with Gasteiger partial charge in [0.25, 0.3) is 0 Å². The zero-order chi connectivity index (χ0) is 13.0. The van der Waals surface area contributed by atoms with Gasteiger partial charge < -0.3 is 10.6 Å². The molecule has 1 amide bonds. The van der Waals surface area contributed by atoms with E-state index in [4.69, 9.17) is 5.73 Å². The Morgan fingerprint density at radius 3 is 2.67 bits per heavy atom. The molecular weight excluding hydrogens is 248 g/mol. The first-order valence-corrected chi connectivity index (χ1v) is 7.50. The van der Waals surface area contributed by atoms with Crippen molar-refractivity contribution >= 4 is 22.4 Å². The first kappa shape index (κ1) is 13.1. The van der Waals surface area contributed by atoms with E-state index < -0.39 is 10.8 Å². The summed E-state index contributed by atoms with van der Waals surface area (Å²) in [6, 6.07) is 6.91. The van der Waals surface area contributed by atoms with Crippen LogP contribution in [0.5, 0.6) is 0 Å². The van der Waals surface area contributed by atoms with Crippen molar-refractivity contribution in [2.24, 2.45) is 0 Å². The molecule has 1 fully saturated rings. The molecule has 5 heteroatoms. The minimum absolute atomic E-state index is 0.0181. The van der Waals surface area contributed by atoms with Crippen LogP contribution >= 0.6 is 0 Å². The molecular formula is C13H18N2O2S. The molecule has 0 aliphatic carbocycles. The lowest BCUT2D eigenvalue weighted by atomic mass is 10.1. The number of amides is 1. The Morgan fingerprint density at radius 1 is 1.28 bits per heavy atom. The lowest BCUT2D eigenvalue weighted by Crippen LogP contribution is -2.38. The van der Waals surface area contributed by atoms with Gasteiger partial charge >= 0.3 is 0 Å². The molecule has 2 rings (SSSR count). The summed E-state index contributed by atoms with van der Waals surface area (Å²) in [5, 5.41) is 0. The van der Waals surface area contributed by atoms with Gasteiger partial charge in [-0.25, -0.2) is 0 Å². The quantitative estimate of drug-likeness (QED) is 0.841. The van der Waals surface area contributed by atoms with Crippen LogP contribution in [0.4, 0.5) is 5.69 Å². The number of hydrogen-bond acceptors (Lipinski definition) is 3. The van der Waals surface area contributed by atoms with Gasteiger partial charge in [-0.15, -0.1) is 0 Å². The van der Waals surface area contributed by atoms with Gasteiger partial charge in [-0.2, -0.15) is 0 Å². The molecule has 0 bridgehead atoms. The van der Waals surface area contributed by atoms with Gasteiger partial charge in [-0.3, -0.25) is 9.00 Å². The Bertz CT molecular complexity index is 456. The molecule has 2 N–H and O–H groups in total. The van der Waals surface area contributed by atoms with E-state index in [-0.39, 0.29) is 11.7 Å². The summed E-state index contributed by atoms with van der Waals surface area (Å²) in [6.07, 6.45) is 3.29. The lowest BCUT2D eigenvalue weighted by molar-refractivity contribution is -0.129. The fourth-order valence-corrected chi connectivity index (χ4v) is 3.16. The highest BCUT2D eigenvalue weighted by atomic mass is 32.2. The standard InChI is InChI=1S/C13H18N2O2S/c14-11-5-4-6-12(9-11)18(17)10-13(16)15-7-2-1-3-8-15/h4-6,9H,1-3,7-8,10,14H2. The van der Waals surface area contributed by atoms with Crippen molar-refractivity contribution in [1.82, 2.24) is 4.90 Å². The molecule has 1 heterocycles. The van der Waals surface area contributed by atoms with Gasteiger partial charge in [0.15, 0.2) is 0 Å². The van der Waals surface area contributed by atoms with E-state index in [1.54, 1.807) is 24.3 Å². The van der Waals surface area contributed by atoms with Gasteiger partial charge in [0.2, 0.25) is 5.91 Å². The van der Waals surface area contributed by atoms with Gasteiger partial charge in [0.05, 0.1) is 10.8 Å². The van der Waals surface area contributed by atoms with Crippen molar-refractivity contribution in [1.29, 1.82) is 0 Å². The van der Waals surface area contributed by atoms with Crippen molar-refractivity contribution in [3.05, 3.63) is 24.3 Å². The molecule has 1 aliphatic rings. The number of anilines is 1. The second kappa shape index (κ2) is 6.00. The summed E-state index contributed by atoms with van der Waals surface area (Å²) in [5.74, 6) is 0.0409. The maximum absolute atomic E-state index is 12.1. The molecule has 1 atom stereocenters. The van der Waals surface area contributed by atoms with Crippen LogP contribution in [-0.2, 0) is 15.6 Å². The van der Waals surface area contributed by atoms with Gasteiger partial charge in [-0.05, 0) is 37.5 Å². The number of nitrogens with two attached hydrogens (primary N) is 1. The van der Waals surface area contributed by atoms with Crippen LogP contribution in [0.3, 0.4) is 0 Å². The molecule has 4 nitrogen and oxygen atoms in total. The van der Waals surface area contributed by atoms with Crippen LogP contribution < -0.4 is 5.73 Å². The molecule has 1 saturated heterocycles. The average molecular weight is 266 g/mol. The fraction of sp³-hybridized carbons (Fsp3) is 0.462. The second-order valence-electron chi connectivity index (χ2n) is 4.50. The summed E-state index contributed by atoms with van der Waals surface area (Å²) in [5.41, 5.74) is 6.22. The smallest absolute Gasteiger partial charge is 0.235 e. The van der Waals surface area contributed by atoms with Crippen molar-refractivity contribution in [2.45, 2.75) is 24.2 Å². The molecule has 0 spiro atoms. The van der Waals surface area contributed by atoms with Gasteiger partial charge in [0.1, 0.15) is 5.75 Å². The minimum Gasteiger partial charge on any atom is -0.399 e. The maximum atomic E-state index is 12.1. The number of likely N-dealkylation sites (tertiary alicyclic amines) is 1. The Kier molecular flexibility index (Phi) is 4.36. The van der Waals surface area contributed by atoms with Crippen LogP contribution in [0.1, 0.15) is 19.3 Å². The molecule has 1 aromatic rings. The number of carbonyl (C=O) groups is 1. The summed E-state index contributed by atoms with van der Waals surface area (Å²) >= 11 is 0. The Balaban J connectivity index is 1.96. The predicted molar refractivity (Wildman–Crippen MR) is 72.6 cm³/mol. The number of benzene rings is 1. The average Bonchev–Trinajstić information content (AvgIpc) is 2.39. The third-order valence-electron chi connectivity index (χ3n) is 3.08. The number of rotatable bonds is 3. The second-order valence-corrected chi connectivity index (χ2v) is 5.95. The third-order valence-corrected chi connectivity index (χ3v) is 4.37. The molecule has 18 heavy (non-hydrogen) atoms. The van der Waals surface area contributed by atoms with Crippen LogP contribution in [0.25, 0.3) is 0 Å². The first-order chi connectivity index (χ1) is 8.66. The Labute approximate surface area is 110 Å². The molecule has 1 aliphatic heterocycles. The number of piperidine rings is 1. The highest BCUT2D eigenvalue weighted by Crippen LogP contribution is 2.13. The Morgan fingerprint density at radius 2 is 2.00 bits per heavy atom. The van der Waals surface area contributed by atoms with E-state index in [0.29, 0.717) is 10.6 Å². The zero-order valence-corrected chi connectivity index (χ0v) is 11.1. The molecule has 1 aromatic carbocycles. The zero-order valence-electron chi connectivity index (χ0n) is 10.3. The maximum Gasteiger partial charge on any atom is 0.235 e. The van der Waals surface area contributed by atoms with Gasteiger partial charge in [-0.1, -0.05) is 6.07 Å². The summed E-state index contributed by atoms with van der Waals surface area (Å²) in [7, 11) is -1.30. The lowest BCUT2D eigenvalue weighted by Gasteiger charge is -2.26. The van der Waals surface area contributed by atoms with Crippen LogP contribution in [-0.4, -0.2) is 33.9 Å². The minimum atomic E-state index is -1.30. The van der Waals surface area contributed by atoms with Crippen molar-refractivity contribution in [2.75, 3.05) is 24.6 Å². The van der Waals surface area contributed by atoms with E-state index in [9.17, 15) is 9.00 Å². The largest absolute Gasteiger partial charge is 0.399 e. The molecule has 0 saturated carbocycles. The topological polar surface area (TPSA) is 63.4 Å². The normalized spacial score (nSPS) is 17.4. The van der Waals surface area contributed by atoms with E-state index in [1.165, 1.54) is 6.42 Å². The number of carbonyl (C=O) groups excluding carboxylic acids is 1. The summed E-state index contributed by atoms with van der Waals surface area (Å²) in [4.78, 5) is 14.4. The highest BCUT2D eigenvalue weighted by molar-refractivity contribution is 7.85. The van der Waals surface area contributed by atoms with Gasteiger partial charge in [0, 0.05) is 23.7 Å². The fourth-order valence-electron chi connectivity index (χ4n) is 2.09. The van der Waals surface area contributed by atoms with Crippen molar-refractivity contribution < 1.29 is 9.00 Å². The van der Waals surface area contributed by atoms with E-state index in [0.717, 1.165) is 25.9 Å². The van der Waals surface area contributed by atoms with Crippen molar-refractivity contribution in [3.63, 3.8) is 0 Å². The molecule has 0 radical (unpaired) electrons. The molecule has 0 aromatic heterocycles. The van der Waals surface area contributed by atoms with Crippen LogP contribution in [0.15, 0.2) is 29.2 Å². The monoisotopic (exact) mass is 266 g/mol. The number of nitrogen functional groups attached to an aromatic ring is 1. The Hall–Kier alpha value is -1.36. The first-order valence-electron chi connectivity index (χ1n) is 6.18. The van der Waals surface area contributed by atoms with E-state index in [1.807, 2.05) is 4.90 Å². The summed E-state index contributed by atoms with van der Waals surface area (Å²) in [6.45, 7) is 1.60. The molecule has 98 valence electrons. The third kappa shape index (κ3) is 3.32. The van der Waals surface area contributed by atoms with Crippen LogP contribution in [0.2, 0.25) is 0 Å². The summed E-state index contributed by atoms with van der Waals surface area (Å²) < 4.78 is 12.1. The van der Waals surface area contributed by atoms with E-state index >= 15 is 0 Å². The van der Waals surface area contributed by atoms with Crippen LogP contribution in [0, 0.1) is 0 Å². The number of nitrogens with zero attached hydrogens (tertiary/aromatic N) is 1. The van der Waals surface area contributed by atoms with E-state index in [2.05, 4.69) is 0 Å². The SMILES string of the molecule is Nc1cccc(S(=O)CC(=O)N2CCCCC2)c1. The highest BCUT2D eigenvalue weighted by Gasteiger charge is 2.19. The number of hydrogen-bond donors (Lipinski definition) is 1. The molecule has 1 unspecified atom stereocenters.